The van der Waals surface area contributed by atoms with Crippen molar-refractivity contribution in [2.24, 2.45) is 0 Å². The third-order valence-electron chi connectivity index (χ3n) is 4.67. The van der Waals surface area contributed by atoms with E-state index in [-0.39, 0.29) is 5.56 Å². The molecule has 1 fully saturated rings. The van der Waals surface area contributed by atoms with Crippen LogP contribution in [-0.4, -0.2) is 53.2 Å². The van der Waals surface area contributed by atoms with Crippen LogP contribution < -0.4 is 15.8 Å². The molecule has 0 unspecified atom stereocenters. The lowest BCUT2D eigenvalue weighted by Gasteiger charge is -2.33. The normalized spacial score (nSPS) is 15.5. The minimum absolute atomic E-state index is 0.0379. The lowest BCUT2D eigenvalue weighted by Crippen LogP contribution is -3.13. The first-order valence-corrected chi connectivity index (χ1v) is 10.7. The molecule has 0 saturated carbocycles. The second-order valence-corrected chi connectivity index (χ2v) is 8.48. The minimum atomic E-state index is -0.0379. The van der Waals surface area contributed by atoms with Gasteiger partial charge in [0, 0.05) is 22.9 Å². The van der Waals surface area contributed by atoms with Gasteiger partial charge in [0.05, 0.1) is 31.6 Å². The Morgan fingerprint density at radius 3 is 2.92 bits per heavy atom. The molecule has 0 radical (unpaired) electrons. The number of aromatic amines is 1. The van der Waals surface area contributed by atoms with Gasteiger partial charge in [-0.1, -0.05) is 6.07 Å². The predicted octanol–water partition coefficient (Wildman–Crippen LogP) is 0.918. The molecule has 0 atom stereocenters. The van der Waals surface area contributed by atoms with Gasteiger partial charge >= 0.3 is 0 Å². The van der Waals surface area contributed by atoms with E-state index >= 15 is 0 Å². The van der Waals surface area contributed by atoms with Crippen molar-refractivity contribution in [1.29, 1.82) is 0 Å². The first kappa shape index (κ1) is 17.6. The number of rotatable bonds is 3. The van der Waals surface area contributed by atoms with Crippen molar-refractivity contribution >= 4 is 50.2 Å². The molecular weight excluding hydrogens is 386 g/mol. The molecule has 1 aliphatic heterocycles. The van der Waals surface area contributed by atoms with Crippen molar-refractivity contribution in [3.8, 4) is 10.4 Å². The Morgan fingerprint density at radius 1 is 1.42 bits per heavy atom. The van der Waals surface area contributed by atoms with Gasteiger partial charge in [0.1, 0.15) is 11.4 Å². The first-order valence-electron chi connectivity index (χ1n) is 8.50. The third-order valence-corrected chi connectivity index (χ3v) is 6.91. The average Bonchev–Trinajstić information content (AvgIpc) is 3.31. The molecule has 3 aromatic rings. The van der Waals surface area contributed by atoms with Crippen molar-refractivity contribution in [1.82, 2.24) is 20.2 Å². The van der Waals surface area contributed by atoms with Gasteiger partial charge in [-0.05, 0) is 23.7 Å². The fourth-order valence-corrected chi connectivity index (χ4v) is 5.25. The number of thiophene rings is 2. The van der Waals surface area contributed by atoms with E-state index in [2.05, 4.69) is 15.2 Å². The summed E-state index contributed by atoms with van der Waals surface area (Å²) in [6.45, 7) is 4.53. The van der Waals surface area contributed by atoms with E-state index in [0.29, 0.717) is 5.39 Å². The summed E-state index contributed by atoms with van der Waals surface area (Å²) in [7, 11) is 1.86. The Labute approximate surface area is 164 Å². The molecule has 0 spiro atoms. The molecule has 4 heterocycles. The molecule has 3 N–H and O–H groups in total. The topological polar surface area (TPSA) is 65.5 Å². The number of nitrogens with one attached hydrogen (secondary N) is 3. The number of piperazine rings is 1. The van der Waals surface area contributed by atoms with Crippen LogP contribution in [0.4, 0.5) is 0 Å². The van der Waals surface area contributed by atoms with Crippen molar-refractivity contribution in [3.05, 3.63) is 39.1 Å². The second kappa shape index (κ2) is 7.43. The lowest BCUT2D eigenvalue weighted by atomic mass is 10.2. The van der Waals surface area contributed by atoms with Crippen LogP contribution in [0.1, 0.15) is 5.82 Å². The summed E-state index contributed by atoms with van der Waals surface area (Å²) in [6.07, 6.45) is 0. The smallest absolute Gasteiger partial charge is 0.260 e. The number of hydrogen-bond donors (Lipinski definition) is 3. The summed E-state index contributed by atoms with van der Waals surface area (Å²) in [5.41, 5.74) is 0.950. The third kappa shape index (κ3) is 3.39. The highest BCUT2D eigenvalue weighted by atomic mass is 32.1. The molecule has 6 nitrogen and oxygen atoms in total. The van der Waals surface area contributed by atoms with Crippen LogP contribution in [0.5, 0.6) is 0 Å². The lowest BCUT2D eigenvalue weighted by molar-refractivity contribution is -0.918. The van der Waals surface area contributed by atoms with E-state index in [9.17, 15) is 4.79 Å². The van der Waals surface area contributed by atoms with E-state index in [4.69, 9.17) is 17.2 Å². The Kier molecular flexibility index (Phi) is 5.03. The zero-order valence-corrected chi connectivity index (χ0v) is 16.8. The van der Waals surface area contributed by atoms with E-state index in [1.807, 2.05) is 29.9 Å². The summed E-state index contributed by atoms with van der Waals surface area (Å²) in [5.74, 6) is 0.765. The SMILES string of the molecule is CNC(=S)N1CC[NH+](Cc2nc3scc(-c4cccs4)c3c(=O)[nH]2)CC1. The molecule has 136 valence electrons. The number of fused-ring (bicyclic) bond motifs is 1. The predicted molar refractivity (Wildman–Crippen MR) is 111 cm³/mol. The molecule has 0 aromatic carbocycles. The summed E-state index contributed by atoms with van der Waals surface area (Å²) in [4.78, 5) is 25.9. The molecule has 3 aromatic heterocycles. The van der Waals surface area contributed by atoms with E-state index < -0.39 is 0 Å². The second-order valence-electron chi connectivity index (χ2n) is 6.29. The number of H-pyrrole nitrogens is 1. The summed E-state index contributed by atoms with van der Waals surface area (Å²) in [5, 5.41) is 8.60. The number of hydrogen-bond acceptors (Lipinski definition) is 5. The molecule has 1 saturated heterocycles. The van der Waals surface area contributed by atoms with Crippen LogP contribution >= 0.6 is 34.9 Å². The van der Waals surface area contributed by atoms with Crippen LogP contribution in [0.3, 0.4) is 0 Å². The molecule has 0 bridgehead atoms. The van der Waals surface area contributed by atoms with Crippen molar-refractivity contribution in [3.63, 3.8) is 0 Å². The molecule has 26 heavy (non-hydrogen) atoms. The van der Waals surface area contributed by atoms with Crippen molar-refractivity contribution < 1.29 is 4.90 Å². The number of thiocarbonyl (C=S) groups is 1. The van der Waals surface area contributed by atoms with Crippen LogP contribution in [0.15, 0.2) is 27.7 Å². The van der Waals surface area contributed by atoms with Gasteiger partial charge in [0.2, 0.25) is 0 Å². The number of quaternary nitrogens is 1. The van der Waals surface area contributed by atoms with Gasteiger partial charge < -0.3 is 20.1 Å². The fraction of sp³-hybridized carbons (Fsp3) is 0.353. The largest absolute Gasteiger partial charge is 0.366 e. The van der Waals surface area contributed by atoms with Crippen LogP contribution in [-0.2, 0) is 6.54 Å². The van der Waals surface area contributed by atoms with Gasteiger partial charge in [-0.3, -0.25) is 4.79 Å². The van der Waals surface area contributed by atoms with Crippen LogP contribution in [0, 0.1) is 0 Å². The van der Waals surface area contributed by atoms with Crippen LogP contribution in [0.2, 0.25) is 0 Å². The van der Waals surface area contributed by atoms with Gasteiger partial charge in [-0.15, -0.1) is 22.7 Å². The monoisotopic (exact) mass is 406 g/mol. The van der Waals surface area contributed by atoms with Gasteiger partial charge in [0.25, 0.3) is 5.56 Å². The molecular formula is C17H20N5OS3+. The van der Waals surface area contributed by atoms with E-state index in [0.717, 1.165) is 58.9 Å². The highest BCUT2D eigenvalue weighted by Crippen LogP contribution is 2.33. The van der Waals surface area contributed by atoms with E-state index in [1.54, 1.807) is 22.7 Å². The van der Waals surface area contributed by atoms with Gasteiger partial charge in [-0.2, -0.15) is 0 Å². The Balaban J connectivity index is 1.52. The quantitative estimate of drug-likeness (QED) is 0.565. The van der Waals surface area contributed by atoms with Crippen LogP contribution in [0.25, 0.3) is 20.7 Å². The summed E-state index contributed by atoms with van der Waals surface area (Å²) < 4.78 is 0. The maximum atomic E-state index is 12.7. The zero-order chi connectivity index (χ0) is 18.1. The van der Waals surface area contributed by atoms with E-state index in [1.165, 1.54) is 4.90 Å². The first-order chi connectivity index (χ1) is 12.7. The minimum Gasteiger partial charge on any atom is -0.366 e. The molecule has 1 aliphatic rings. The maximum Gasteiger partial charge on any atom is 0.260 e. The molecule has 4 rings (SSSR count). The van der Waals surface area contributed by atoms with Crippen molar-refractivity contribution in [2.75, 3.05) is 33.2 Å². The maximum absolute atomic E-state index is 12.7. The molecule has 9 heteroatoms. The highest BCUT2D eigenvalue weighted by Gasteiger charge is 2.22. The Bertz CT molecular complexity index is 970. The fourth-order valence-electron chi connectivity index (χ4n) is 3.29. The van der Waals surface area contributed by atoms with Gasteiger partial charge in [0.15, 0.2) is 10.9 Å². The standard InChI is InChI=1S/C17H19N5OS3/c1-18-17(24)22-6-4-21(5-7-22)9-13-19-15(23)14-11(10-26-16(14)20-13)12-3-2-8-25-12/h2-3,8,10H,4-7,9H2,1H3,(H,18,24)(H,19,20,23)/p+1. The Hall–Kier alpha value is -1.81. The number of nitrogens with zero attached hydrogens (tertiary/aromatic N) is 2. The number of aromatic nitrogens is 2. The molecule has 0 aliphatic carbocycles. The summed E-state index contributed by atoms with van der Waals surface area (Å²) in [6, 6.07) is 4.04. The van der Waals surface area contributed by atoms with Crippen molar-refractivity contribution in [2.45, 2.75) is 6.54 Å². The Morgan fingerprint density at radius 2 is 2.23 bits per heavy atom. The highest BCUT2D eigenvalue weighted by molar-refractivity contribution is 7.80. The summed E-state index contributed by atoms with van der Waals surface area (Å²) >= 11 is 8.48. The average molecular weight is 407 g/mol. The molecule has 0 amide bonds. The van der Waals surface area contributed by atoms with Gasteiger partial charge in [-0.25, -0.2) is 4.98 Å². The zero-order valence-electron chi connectivity index (χ0n) is 14.4.